The Kier molecular flexibility index (Phi) is 6.52. The van der Waals surface area contributed by atoms with Crippen LogP contribution < -0.4 is 10.6 Å². The Bertz CT molecular complexity index is 403. The number of aryl methyl sites for hydroxylation is 1. The van der Waals surface area contributed by atoms with Crippen LogP contribution in [0.15, 0.2) is 12.1 Å². The van der Waals surface area contributed by atoms with Crippen molar-refractivity contribution in [2.75, 3.05) is 0 Å². The first-order chi connectivity index (χ1) is 8.93. The normalized spacial score (nSPS) is 15.8. The lowest BCUT2D eigenvalue weighted by molar-refractivity contribution is -0.123. The second-order valence-electron chi connectivity index (χ2n) is 5.26. The summed E-state index contributed by atoms with van der Waals surface area (Å²) in [4.78, 5) is 14.6. The van der Waals surface area contributed by atoms with Crippen LogP contribution in [-0.4, -0.2) is 18.0 Å². The zero-order valence-corrected chi connectivity index (χ0v) is 13.4. The first kappa shape index (κ1) is 16.2. The molecule has 2 N–H and O–H groups in total. The SMILES string of the molecule is CCCC(C)NC(=O)C(C)NC(C)c1ccc(C)s1. The Labute approximate surface area is 120 Å². The highest BCUT2D eigenvalue weighted by molar-refractivity contribution is 7.12. The van der Waals surface area contributed by atoms with Gasteiger partial charge in [-0.05, 0) is 46.2 Å². The van der Waals surface area contributed by atoms with E-state index < -0.39 is 0 Å². The Hall–Kier alpha value is -0.870. The van der Waals surface area contributed by atoms with Crippen LogP contribution in [0.1, 0.15) is 56.3 Å². The molecule has 3 atom stereocenters. The van der Waals surface area contributed by atoms with Gasteiger partial charge in [-0.15, -0.1) is 11.3 Å². The van der Waals surface area contributed by atoms with Gasteiger partial charge in [0, 0.05) is 21.8 Å². The van der Waals surface area contributed by atoms with E-state index >= 15 is 0 Å². The fourth-order valence-electron chi connectivity index (χ4n) is 2.09. The monoisotopic (exact) mass is 282 g/mol. The van der Waals surface area contributed by atoms with Crippen molar-refractivity contribution in [1.29, 1.82) is 0 Å². The molecule has 0 bridgehead atoms. The van der Waals surface area contributed by atoms with Crippen LogP contribution in [0, 0.1) is 6.92 Å². The summed E-state index contributed by atoms with van der Waals surface area (Å²) in [6.07, 6.45) is 2.12. The molecule has 0 aliphatic heterocycles. The molecule has 4 heteroatoms. The van der Waals surface area contributed by atoms with Crippen molar-refractivity contribution in [1.82, 2.24) is 10.6 Å². The second-order valence-corrected chi connectivity index (χ2v) is 6.58. The molecular formula is C15H26N2OS. The van der Waals surface area contributed by atoms with Gasteiger partial charge in [0.1, 0.15) is 0 Å². The summed E-state index contributed by atoms with van der Waals surface area (Å²) in [5, 5.41) is 6.40. The summed E-state index contributed by atoms with van der Waals surface area (Å²) in [7, 11) is 0. The van der Waals surface area contributed by atoms with E-state index in [4.69, 9.17) is 0 Å². The van der Waals surface area contributed by atoms with Crippen molar-refractivity contribution in [3.8, 4) is 0 Å². The maximum absolute atomic E-state index is 12.0. The Morgan fingerprint density at radius 2 is 2.00 bits per heavy atom. The van der Waals surface area contributed by atoms with Crippen molar-refractivity contribution >= 4 is 17.2 Å². The van der Waals surface area contributed by atoms with E-state index in [1.54, 1.807) is 11.3 Å². The highest BCUT2D eigenvalue weighted by atomic mass is 32.1. The van der Waals surface area contributed by atoms with Crippen LogP contribution in [0.3, 0.4) is 0 Å². The molecule has 1 aromatic rings. The highest BCUT2D eigenvalue weighted by Crippen LogP contribution is 2.22. The first-order valence-corrected chi connectivity index (χ1v) is 7.88. The summed E-state index contributed by atoms with van der Waals surface area (Å²) in [5.41, 5.74) is 0. The van der Waals surface area contributed by atoms with E-state index in [9.17, 15) is 4.79 Å². The molecule has 1 aromatic heterocycles. The number of hydrogen-bond donors (Lipinski definition) is 2. The molecule has 3 nitrogen and oxygen atoms in total. The van der Waals surface area contributed by atoms with Gasteiger partial charge < -0.3 is 5.32 Å². The lowest BCUT2D eigenvalue weighted by atomic mass is 10.1. The Morgan fingerprint density at radius 1 is 1.32 bits per heavy atom. The number of hydrogen-bond acceptors (Lipinski definition) is 3. The molecule has 3 unspecified atom stereocenters. The number of thiophene rings is 1. The maximum atomic E-state index is 12.0. The zero-order chi connectivity index (χ0) is 14.4. The summed E-state index contributed by atoms with van der Waals surface area (Å²) in [6, 6.07) is 4.53. The third kappa shape index (κ3) is 5.33. The fourth-order valence-corrected chi connectivity index (χ4v) is 2.98. The molecule has 0 aromatic carbocycles. The van der Waals surface area contributed by atoms with Crippen molar-refractivity contribution < 1.29 is 4.79 Å². The second kappa shape index (κ2) is 7.65. The van der Waals surface area contributed by atoms with E-state index in [0.29, 0.717) is 0 Å². The van der Waals surface area contributed by atoms with Gasteiger partial charge >= 0.3 is 0 Å². The summed E-state index contributed by atoms with van der Waals surface area (Å²) in [6.45, 7) is 10.3. The average molecular weight is 282 g/mol. The van der Waals surface area contributed by atoms with Crippen molar-refractivity contribution in [2.45, 2.75) is 65.6 Å². The number of carbonyl (C=O) groups is 1. The van der Waals surface area contributed by atoms with Gasteiger partial charge in [0.25, 0.3) is 0 Å². The molecule has 0 radical (unpaired) electrons. The minimum absolute atomic E-state index is 0.0843. The molecule has 0 saturated heterocycles. The van der Waals surface area contributed by atoms with Gasteiger partial charge in [0.15, 0.2) is 0 Å². The predicted octanol–water partition coefficient (Wildman–Crippen LogP) is 3.40. The van der Waals surface area contributed by atoms with Crippen LogP contribution in [0.4, 0.5) is 0 Å². The van der Waals surface area contributed by atoms with Gasteiger partial charge in [0.2, 0.25) is 5.91 Å². The molecule has 0 aliphatic carbocycles. The molecule has 1 heterocycles. The minimum atomic E-state index is -0.170. The van der Waals surface area contributed by atoms with Crippen LogP contribution in [0.5, 0.6) is 0 Å². The maximum Gasteiger partial charge on any atom is 0.237 e. The van der Waals surface area contributed by atoms with E-state index in [2.05, 4.69) is 50.5 Å². The van der Waals surface area contributed by atoms with Gasteiger partial charge in [-0.1, -0.05) is 13.3 Å². The molecular weight excluding hydrogens is 256 g/mol. The number of carbonyl (C=O) groups excluding carboxylic acids is 1. The predicted molar refractivity (Wildman–Crippen MR) is 82.6 cm³/mol. The lowest BCUT2D eigenvalue weighted by Gasteiger charge is -2.21. The van der Waals surface area contributed by atoms with Crippen LogP contribution in [-0.2, 0) is 4.79 Å². The summed E-state index contributed by atoms with van der Waals surface area (Å²) in [5.74, 6) is 0.0843. The molecule has 108 valence electrons. The lowest BCUT2D eigenvalue weighted by Crippen LogP contribution is -2.46. The average Bonchev–Trinajstić information content (AvgIpc) is 2.76. The number of rotatable bonds is 7. The Morgan fingerprint density at radius 3 is 2.53 bits per heavy atom. The van der Waals surface area contributed by atoms with E-state index in [-0.39, 0.29) is 24.0 Å². The van der Waals surface area contributed by atoms with Gasteiger partial charge in [-0.25, -0.2) is 0 Å². The molecule has 0 saturated carbocycles. The third-order valence-electron chi connectivity index (χ3n) is 3.19. The topological polar surface area (TPSA) is 41.1 Å². The zero-order valence-electron chi connectivity index (χ0n) is 12.6. The van der Waals surface area contributed by atoms with Crippen LogP contribution in [0.2, 0.25) is 0 Å². The molecule has 19 heavy (non-hydrogen) atoms. The smallest absolute Gasteiger partial charge is 0.237 e. The highest BCUT2D eigenvalue weighted by Gasteiger charge is 2.18. The summed E-state index contributed by atoms with van der Waals surface area (Å²) >= 11 is 1.78. The largest absolute Gasteiger partial charge is 0.352 e. The number of nitrogens with one attached hydrogen (secondary N) is 2. The van der Waals surface area contributed by atoms with Crippen molar-refractivity contribution in [3.05, 3.63) is 21.9 Å². The first-order valence-electron chi connectivity index (χ1n) is 7.06. The molecule has 1 rings (SSSR count). The molecule has 0 aliphatic rings. The molecule has 0 fully saturated rings. The quantitative estimate of drug-likeness (QED) is 0.805. The van der Waals surface area contributed by atoms with Crippen LogP contribution >= 0.6 is 11.3 Å². The fraction of sp³-hybridized carbons (Fsp3) is 0.667. The Balaban J connectivity index is 2.45. The van der Waals surface area contributed by atoms with Gasteiger partial charge in [-0.2, -0.15) is 0 Å². The minimum Gasteiger partial charge on any atom is -0.352 e. The number of amides is 1. The third-order valence-corrected chi connectivity index (χ3v) is 4.37. The van der Waals surface area contributed by atoms with Gasteiger partial charge in [0.05, 0.1) is 6.04 Å². The molecule has 0 spiro atoms. The van der Waals surface area contributed by atoms with Crippen LogP contribution in [0.25, 0.3) is 0 Å². The van der Waals surface area contributed by atoms with E-state index in [1.165, 1.54) is 9.75 Å². The molecule has 1 amide bonds. The summed E-state index contributed by atoms with van der Waals surface area (Å²) < 4.78 is 0. The van der Waals surface area contributed by atoms with E-state index in [0.717, 1.165) is 12.8 Å². The van der Waals surface area contributed by atoms with Gasteiger partial charge in [-0.3, -0.25) is 10.1 Å². The van der Waals surface area contributed by atoms with Crippen molar-refractivity contribution in [3.63, 3.8) is 0 Å². The standard InChI is InChI=1S/C15H26N2OS/c1-6-7-10(2)16-15(18)13(5)17-12(4)14-9-8-11(3)19-14/h8-10,12-13,17H,6-7H2,1-5H3,(H,16,18). The van der Waals surface area contributed by atoms with E-state index in [1.807, 2.05) is 6.92 Å². The van der Waals surface area contributed by atoms with Crippen molar-refractivity contribution in [2.24, 2.45) is 0 Å².